The van der Waals surface area contributed by atoms with Crippen molar-refractivity contribution < 1.29 is 14.1 Å². The normalized spacial score (nSPS) is 14.7. The van der Waals surface area contributed by atoms with Gasteiger partial charge in [-0.3, -0.25) is 20.1 Å². The summed E-state index contributed by atoms with van der Waals surface area (Å²) in [5.74, 6) is 0.145. The van der Waals surface area contributed by atoms with Crippen LogP contribution in [0.25, 0.3) is 0 Å². The van der Waals surface area contributed by atoms with Crippen LogP contribution in [-0.4, -0.2) is 43.4 Å². The van der Waals surface area contributed by atoms with Gasteiger partial charge in [0.2, 0.25) is 0 Å². The average molecular weight is 360 g/mol. The van der Waals surface area contributed by atoms with E-state index in [9.17, 15) is 4.79 Å². The predicted octanol–water partition coefficient (Wildman–Crippen LogP) is -0.0161. The van der Waals surface area contributed by atoms with Crippen LogP contribution >= 0.6 is 24.8 Å². The van der Waals surface area contributed by atoms with E-state index in [0.29, 0.717) is 6.54 Å². The van der Waals surface area contributed by atoms with Gasteiger partial charge in [0.1, 0.15) is 0 Å². The Morgan fingerprint density at radius 1 is 1.17 bits per heavy atom. The molecule has 0 spiro atoms. The Morgan fingerprint density at radius 2 is 1.83 bits per heavy atom. The van der Waals surface area contributed by atoms with Gasteiger partial charge in [-0.1, -0.05) is 35.1 Å². The highest BCUT2D eigenvalue weighted by molar-refractivity contribution is 5.97. The SMILES string of the molecule is Cl.Cl.N=c1c[n+](N2CCN(CC(=O)c3ccccc3)CC2)[n-]o1. The number of hydrogen-bond donors (Lipinski definition) is 1. The quantitative estimate of drug-likeness (QED) is 0.613. The molecule has 0 amide bonds. The second kappa shape index (κ2) is 8.71. The Bertz CT molecular complexity index is 665. The number of benzene rings is 1. The standard InChI is InChI=1S/C14H17N5O2.2ClH/c15-14-11-19(16-21-14)18-8-6-17(7-9-18)10-13(20)12-4-2-1-3-5-12;;/h1-5,11,15H,6-10H2;2*1H. The van der Waals surface area contributed by atoms with E-state index in [1.165, 1.54) is 6.20 Å². The summed E-state index contributed by atoms with van der Waals surface area (Å²) in [6.45, 7) is 3.50. The van der Waals surface area contributed by atoms with Crippen molar-refractivity contribution in [3.63, 3.8) is 0 Å². The summed E-state index contributed by atoms with van der Waals surface area (Å²) in [6.07, 6.45) is 1.53. The Morgan fingerprint density at radius 3 is 2.39 bits per heavy atom. The number of aromatic nitrogens is 2. The number of nitrogens with zero attached hydrogens (tertiary/aromatic N) is 4. The minimum atomic E-state index is 0. The first kappa shape index (κ1) is 19.2. The zero-order valence-corrected chi connectivity index (χ0v) is 14.1. The highest BCUT2D eigenvalue weighted by Crippen LogP contribution is 2.03. The highest BCUT2D eigenvalue weighted by atomic mass is 35.5. The molecule has 2 aromatic rings. The predicted molar refractivity (Wildman–Crippen MR) is 87.7 cm³/mol. The minimum absolute atomic E-state index is 0. The molecule has 0 bridgehead atoms. The first-order valence-corrected chi connectivity index (χ1v) is 6.88. The van der Waals surface area contributed by atoms with Gasteiger partial charge in [-0.2, -0.15) is 0 Å². The zero-order valence-electron chi connectivity index (χ0n) is 12.4. The number of ketones is 1. The summed E-state index contributed by atoms with van der Waals surface area (Å²) in [4.78, 5) is 15.8. The summed E-state index contributed by atoms with van der Waals surface area (Å²) < 4.78 is 4.74. The molecular weight excluding hydrogens is 341 g/mol. The molecule has 3 rings (SSSR count). The molecule has 0 unspecified atom stereocenters. The number of halogens is 2. The molecule has 7 nitrogen and oxygen atoms in total. The molecule has 126 valence electrons. The van der Waals surface area contributed by atoms with Gasteiger partial charge in [-0.15, -0.1) is 24.8 Å². The highest BCUT2D eigenvalue weighted by Gasteiger charge is 2.20. The van der Waals surface area contributed by atoms with Gasteiger partial charge >= 0.3 is 0 Å². The molecule has 0 saturated carbocycles. The van der Waals surface area contributed by atoms with E-state index in [4.69, 9.17) is 9.93 Å². The van der Waals surface area contributed by atoms with Crippen LogP contribution in [-0.2, 0) is 0 Å². The van der Waals surface area contributed by atoms with Crippen molar-refractivity contribution in [1.29, 1.82) is 5.41 Å². The van der Waals surface area contributed by atoms with Crippen LogP contribution in [0.4, 0.5) is 0 Å². The van der Waals surface area contributed by atoms with Crippen molar-refractivity contribution in [2.45, 2.75) is 0 Å². The third-order valence-electron chi connectivity index (χ3n) is 3.56. The van der Waals surface area contributed by atoms with Crippen molar-refractivity contribution >= 4 is 30.6 Å². The monoisotopic (exact) mass is 359 g/mol. The number of carbonyl (C=O) groups excluding carboxylic acids is 1. The molecule has 23 heavy (non-hydrogen) atoms. The van der Waals surface area contributed by atoms with Crippen molar-refractivity contribution in [2.24, 2.45) is 0 Å². The summed E-state index contributed by atoms with van der Waals surface area (Å²) in [5, 5.41) is 13.1. The fourth-order valence-corrected chi connectivity index (χ4v) is 2.39. The number of hydrogen-bond acceptors (Lipinski definition) is 5. The van der Waals surface area contributed by atoms with Gasteiger partial charge < -0.3 is 4.52 Å². The van der Waals surface area contributed by atoms with E-state index in [2.05, 4.69) is 10.2 Å². The first-order valence-electron chi connectivity index (χ1n) is 6.88. The molecule has 1 aromatic heterocycles. The number of piperazine rings is 1. The van der Waals surface area contributed by atoms with Crippen molar-refractivity contribution in [2.75, 3.05) is 37.7 Å². The fraction of sp³-hybridized carbons (Fsp3) is 0.357. The second-order valence-electron chi connectivity index (χ2n) is 5.01. The molecule has 1 N–H and O–H groups in total. The Kier molecular flexibility index (Phi) is 7.28. The number of rotatable bonds is 4. The lowest BCUT2D eigenvalue weighted by Crippen LogP contribution is -2.66. The largest absolute Gasteiger partial charge is 0.380 e. The molecule has 9 heteroatoms. The summed E-state index contributed by atoms with van der Waals surface area (Å²) in [5.41, 5.74) is 0.793. The molecule has 0 radical (unpaired) electrons. The van der Waals surface area contributed by atoms with Crippen molar-refractivity contribution in [3.8, 4) is 0 Å². The lowest BCUT2D eigenvalue weighted by Gasteiger charge is -2.34. The third kappa shape index (κ3) is 4.82. The third-order valence-corrected chi connectivity index (χ3v) is 3.56. The lowest BCUT2D eigenvalue weighted by atomic mass is 10.1. The summed E-state index contributed by atoms with van der Waals surface area (Å²) in [6, 6.07) is 9.36. The molecule has 1 aliphatic rings. The molecule has 0 aliphatic carbocycles. The van der Waals surface area contributed by atoms with Gasteiger partial charge in [-0.25, -0.2) is 0 Å². The number of carbonyl (C=O) groups is 1. The molecule has 0 atom stereocenters. The van der Waals surface area contributed by atoms with Gasteiger partial charge in [0.25, 0.3) is 11.8 Å². The lowest BCUT2D eigenvalue weighted by molar-refractivity contribution is -0.764. The molecule has 1 saturated heterocycles. The van der Waals surface area contributed by atoms with Crippen molar-refractivity contribution in [1.82, 2.24) is 10.2 Å². The van der Waals surface area contributed by atoms with Gasteiger partial charge in [0.05, 0.1) is 6.54 Å². The first-order chi connectivity index (χ1) is 10.2. The minimum Gasteiger partial charge on any atom is -0.380 e. The van der Waals surface area contributed by atoms with Crippen LogP contribution in [0.2, 0.25) is 0 Å². The fourth-order valence-electron chi connectivity index (χ4n) is 2.39. The Hall–Kier alpha value is -1.83. The smallest absolute Gasteiger partial charge is 0.286 e. The van der Waals surface area contributed by atoms with E-state index in [1.807, 2.05) is 35.3 Å². The Labute approximate surface area is 146 Å². The van der Waals surface area contributed by atoms with E-state index in [-0.39, 0.29) is 36.2 Å². The van der Waals surface area contributed by atoms with E-state index in [1.54, 1.807) is 4.79 Å². The van der Waals surface area contributed by atoms with Crippen LogP contribution in [0.15, 0.2) is 41.1 Å². The van der Waals surface area contributed by atoms with E-state index in [0.717, 1.165) is 31.7 Å². The molecule has 1 aliphatic heterocycles. The maximum atomic E-state index is 12.2. The molecule has 1 fully saturated rings. The van der Waals surface area contributed by atoms with Gasteiger partial charge in [0.15, 0.2) is 5.78 Å². The van der Waals surface area contributed by atoms with Gasteiger partial charge in [-0.05, 0) is 5.27 Å². The van der Waals surface area contributed by atoms with Crippen LogP contribution in [0.1, 0.15) is 10.4 Å². The van der Waals surface area contributed by atoms with Gasteiger partial charge in [0, 0.05) is 31.7 Å². The van der Waals surface area contributed by atoms with Crippen LogP contribution < -0.4 is 20.6 Å². The Balaban J connectivity index is 0.00000132. The zero-order chi connectivity index (χ0) is 14.7. The average Bonchev–Trinajstić information content (AvgIpc) is 2.95. The molecular formula is C14H19Cl2N5O2. The summed E-state index contributed by atoms with van der Waals surface area (Å²) in [7, 11) is 0. The van der Waals surface area contributed by atoms with Crippen LogP contribution in [0, 0.1) is 5.41 Å². The van der Waals surface area contributed by atoms with Crippen LogP contribution in [0.5, 0.6) is 0 Å². The number of Topliss-reactive ketones (excluding diaryl/α,β-unsaturated/α-hetero) is 1. The summed E-state index contributed by atoms with van der Waals surface area (Å²) >= 11 is 0. The maximum Gasteiger partial charge on any atom is 0.286 e. The molecule has 1 aromatic carbocycles. The number of nitrogens with one attached hydrogen (secondary N) is 1. The topological polar surface area (TPSA) is 78.5 Å². The maximum absolute atomic E-state index is 12.2. The van der Waals surface area contributed by atoms with E-state index >= 15 is 0 Å². The van der Waals surface area contributed by atoms with E-state index < -0.39 is 0 Å². The second-order valence-corrected chi connectivity index (χ2v) is 5.01. The molecule has 2 heterocycles. The van der Waals surface area contributed by atoms with Crippen molar-refractivity contribution in [3.05, 3.63) is 47.6 Å². The van der Waals surface area contributed by atoms with Crippen LogP contribution in [0.3, 0.4) is 0 Å².